The first-order valence-electron chi connectivity index (χ1n) is 8.75. The number of nitrogens with one attached hydrogen (secondary N) is 1. The molecule has 0 saturated heterocycles. The number of carboxylic acid groups (broad SMARTS) is 1. The van der Waals surface area contributed by atoms with Gasteiger partial charge in [-0.25, -0.2) is 9.80 Å². The van der Waals surface area contributed by atoms with Crippen LogP contribution in [0.4, 0.5) is 0 Å². The van der Waals surface area contributed by atoms with Crippen LogP contribution >= 0.6 is 11.6 Å². The third-order valence-electron chi connectivity index (χ3n) is 4.14. The van der Waals surface area contributed by atoms with Crippen molar-refractivity contribution >= 4 is 23.5 Å². The number of aliphatic hydroxyl groups is 1. The Hall–Kier alpha value is -3.47. The van der Waals surface area contributed by atoms with Crippen LogP contribution in [0.3, 0.4) is 0 Å². The van der Waals surface area contributed by atoms with Crippen LogP contribution in [0.25, 0.3) is 11.1 Å². The minimum Gasteiger partial charge on any atom is -0.479 e. The lowest BCUT2D eigenvalue weighted by Crippen LogP contribution is -2.47. The predicted octanol–water partition coefficient (Wildman–Crippen LogP) is 1.43. The first-order chi connectivity index (χ1) is 14.3. The molecule has 0 aliphatic carbocycles. The van der Waals surface area contributed by atoms with E-state index in [0.29, 0.717) is 9.87 Å². The smallest absolute Gasteiger partial charge is 0.333 e. The molecule has 3 rings (SSSR count). The zero-order valence-corrected chi connectivity index (χ0v) is 16.3. The van der Waals surface area contributed by atoms with Gasteiger partial charge in [-0.2, -0.15) is 0 Å². The van der Waals surface area contributed by atoms with Crippen LogP contribution in [-0.2, 0) is 11.3 Å². The SMILES string of the molecule is O=C(NN(Cc1ccc(-c2cccc(Cl)c2)cc1)C[C@@H](O)C(=O)O)c1cn(O)nn1. The van der Waals surface area contributed by atoms with E-state index in [2.05, 4.69) is 15.7 Å². The Morgan fingerprint density at radius 1 is 1.17 bits per heavy atom. The van der Waals surface area contributed by atoms with Gasteiger partial charge in [0.25, 0.3) is 5.91 Å². The van der Waals surface area contributed by atoms with Gasteiger partial charge in [-0.3, -0.25) is 10.2 Å². The quantitative estimate of drug-likeness (QED) is 0.310. The lowest BCUT2D eigenvalue weighted by molar-refractivity contribution is -0.148. The maximum absolute atomic E-state index is 12.3. The number of halogens is 1. The van der Waals surface area contributed by atoms with E-state index < -0.39 is 18.0 Å². The fourth-order valence-corrected chi connectivity index (χ4v) is 2.88. The van der Waals surface area contributed by atoms with Crippen molar-refractivity contribution in [1.29, 1.82) is 0 Å². The monoisotopic (exact) mass is 431 g/mol. The van der Waals surface area contributed by atoms with Crippen molar-refractivity contribution < 1.29 is 25.0 Å². The Bertz CT molecular complexity index is 1040. The lowest BCUT2D eigenvalue weighted by atomic mass is 10.0. The third kappa shape index (κ3) is 5.54. The number of carboxylic acids is 1. The molecule has 30 heavy (non-hydrogen) atoms. The van der Waals surface area contributed by atoms with Crippen LogP contribution < -0.4 is 5.43 Å². The second kappa shape index (κ2) is 9.35. The predicted molar refractivity (Wildman–Crippen MR) is 106 cm³/mol. The summed E-state index contributed by atoms with van der Waals surface area (Å²) in [6.07, 6.45) is -0.731. The number of amides is 1. The number of rotatable bonds is 8. The van der Waals surface area contributed by atoms with Crippen LogP contribution in [-0.4, -0.2) is 60.1 Å². The second-order valence-electron chi connectivity index (χ2n) is 6.41. The Kier molecular flexibility index (Phi) is 6.62. The maximum Gasteiger partial charge on any atom is 0.333 e. The molecule has 0 bridgehead atoms. The first-order valence-corrected chi connectivity index (χ1v) is 9.13. The number of aliphatic hydroxyl groups excluding tert-OH is 1. The summed E-state index contributed by atoms with van der Waals surface area (Å²) in [5, 5.41) is 36.4. The summed E-state index contributed by atoms with van der Waals surface area (Å²) < 4.78 is 0. The molecule has 1 heterocycles. The van der Waals surface area contributed by atoms with E-state index >= 15 is 0 Å². The highest BCUT2D eigenvalue weighted by atomic mass is 35.5. The summed E-state index contributed by atoms with van der Waals surface area (Å²) in [7, 11) is 0. The van der Waals surface area contributed by atoms with Gasteiger partial charge in [0, 0.05) is 11.6 Å². The van der Waals surface area contributed by atoms with E-state index in [-0.39, 0.29) is 18.8 Å². The maximum atomic E-state index is 12.3. The van der Waals surface area contributed by atoms with Gasteiger partial charge in [-0.15, -0.1) is 5.10 Å². The Balaban J connectivity index is 1.74. The molecule has 0 radical (unpaired) electrons. The summed E-state index contributed by atoms with van der Waals surface area (Å²) in [6.45, 7) is -0.260. The van der Waals surface area contributed by atoms with Crippen molar-refractivity contribution in [2.24, 2.45) is 0 Å². The highest BCUT2D eigenvalue weighted by Crippen LogP contribution is 2.23. The number of hydrogen-bond donors (Lipinski definition) is 4. The van der Waals surface area contributed by atoms with E-state index in [1.54, 1.807) is 6.07 Å². The van der Waals surface area contributed by atoms with Crippen molar-refractivity contribution in [2.45, 2.75) is 12.6 Å². The number of hydrazine groups is 1. The van der Waals surface area contributed by atoms with E-state index in [4.69, 9.17) is 21.9 Å². The Labute approximate surface area is 175 Å². The fraction of sp³-hybridized carbons (Fsp3) is 0.158. The van der Waals surface area contributed by atoms with Crippen LogP contribution in [0.5, 0.6) is 0 Å². The molecule has 11 heteroatoms. The van der Waals surface area contributed by atoms with Gasteiger partial charge in [0.1, 0.15) is 0 Å². The van der Waals surface area contributed by atoms with E-state index in [9.17, 15) is 14.7 Å². The van der Waals surface area contributed by atoms with Crippen molar-refractivity contribution in [2.75, 3.05) is 6.54 Å². The Morgan fingerprint density at radius 3 is 2.50 bits per heavy atom. The Morgan fingerprint density at radius 2 is 1.90 bits per heavy atom. The molecule has 0 aliphatic rings. The third-order valence-corrected chi connectivity index (χ3v) is 4.37. The van der Waals surface area contributed by atoms with Crippen LogP contribution in [0.15, 0.2) is 54.7 Å². The molecule has 4 N–H and O–H groups in total. The zero-order chi connectivity index (χ0) is 21.7. The molecule has 2 aromatic carbocycles. The molecule has 0 spiro atoms. The van der Waals surface area contributed by atoms with Gasteiger partial charge >= 0.3 is 5.97 Å². The molecule has 0 aliphatic heterocycles. The normalized spacial score (nSPS) is 12.0. The molecule has 10 nitrogen and oxygen atoms in total. The van der Waals surface area contributed by atoms with Gasteiger partial charge in [0.05, 0.1) is 12.7 Å². The molecular weight excluding hydrogens is 414 g/mol. The summed E-state index contributed by atoms with van der Waals surface area (Å²) in [6, 6.07) is 14.7. The largest absolute Gasteiger partial charge is 0.479 e. The van der Waals surface area contributed by atoms with Gasteiger partial charge < -0.3 is 15.4 Å². The van der Waals surface area contributed by atoms with Crippen molar-refractivity contribution in [3.63, 3.8) is 0 Å². The minimum absolute atomic E-state index is 0.110. The minimum atomic E-state index is -1.72. The molecule has 0 saturated carbocycles. The average Bonchev–Trinajstić information content (AvgIpc) is 3.15. The molecule has 0 unspecified atom stereocenters. The summed E-state index contributed by atoms with van der Waals surface area (Å²) in [5.41, 5.74) is 4.91. The highest BCUT2D eigenvalue weighted by Gasteiger charge is 2.21. The first kappa shape index (κ1) is 21.2. The van der Waals surface area contributed by atoms with Gasteiger partial charge in [0.2, 0.25) is 0 Å². The van der Waals surface area contributed by atoms with Gasteiger partial charge in [-0.05, 0) is 34.0 Å². The van der Waals surface area contributed by atoms with E-state index in [1.165, 1.54) is 5.01 Å². The molecular formula is C19H18ClN5O5. The summed E-state index contributed by atoms with van der Waals surface area (Å²) >= 11 is 6.02. The number of carbonyl (C=O) groups is 2. The van der Waals surface area contributed by atoms with Crippen LogP contribution in [0.2, 0.25) is 5.02 Å². The molecule has 3 aromatic rings. The molecule has 1 aromatic heterocycles. The van der Waals surface area contributed by atoms with Gasteiger partial charge in [-0.1, -0.05) is 52.8 Å². The summed E-state index contributed by atoms with van der Waals surface area (Å²) in [4.78, 5) is 23.7. The molecule has 0 fully saturated rings. The standard InChI is InChI=1S/C19H18ClN5O5/c20-15-3-1-2-14(8-15)13-6-4-12(5-7-13)9-24(11-17(26)19(28)29)22-18(27)16-10-25(30)23-21-16/h1-8,10,17,26,30H,9,11H2,(H,22,27)(H,28,29)/t17-/m1/s1. The average molecular weight is 432 g/mol. The fourth-order valence-electron chi connectivity index (χ4n) is 2.69. The lowest BCUT2D eigenvalue weighted by Gasteiger charge is -2.24. The number of benzene rings is 2. The van der Waals surface area contributed by atoms with E-state index in [0.717, 1.165) is 22.9 Å². The van der Waals surface area contributed by atoms with Crippen molar-refractivity contribution in [3.8, 4) is 11.1 Å². The van der Waals surface area contributed by atoms with Crippen molar-refractivity contribution in [1.82, 2.24) is 25.6 Å². The number of aromatic nitrogens is 3. The number of nitrogens with zero attached hydrogens (tertiary/aromatic N) is 4. The van der Waals surface area contributed by atoms with Crippen LogP contribution in [0, 0.1) is 0 Å². The molecule has 1 amide bonds. The van der Waals surface area contributed by atoms with Crippen LogP contribution in [0.1, 0.15) is 16.1 Å². The molecule has 1 atom stereocenters. The highest BCUT2D eigenvalue weighted by molar-refractivity contribution is 6.30. The number of aliphatic carboxylic acids is 1. The number of carbonyl (C=O) groups excluding carboxylic acids is 1. The van der Waals surface area contributed by atoms with E-state index in [1.807, 2.05) is 42.5 Å². The zero-order valence-electron chi connectivity index (χ0n) is 15.5. The van der Waals surface area contributed by atoms with Crippen molar-refractivity contribution in [3.05, 3.63) is 71.0 Å². The summed E-state index contributed by atoms with van der Waals surface area (Å²) in [5.74, 6) is -2.14. The topological polar surface area (TPSA) is 141 Å². The molecule has 156 valence electrons. The van der Waals surface area contributed by atoms with Gasteiger partial charge in [0.15, 0.2) is 11.8 Å². The second-order valence-corrected chi connectivity index (χ2v) is 6.84. The number of hydrogen-bond acceptors (Lipinski definition) is 7.